The molecule has 0 amide bonds. The van der Waals surface area contributed by atoms with Crippen LogP contribution < -0.4 is 0 Å². The summed E-state index contributed by atoms with van der Waals surface area (Å²) >= 11 is 0. The Balaban J connectivity index is 1.56. The van der Waals surface area contributed by atoms with E-state index in [1.165, 1.54) is 38.6 Å². The average molecular weight is 241 g/mol. The van der Waals surface area contributed by atoms with Crippen LogP contribution in [0.5, 0.6) is 0 Å². The third kappa shape index (κ3) is 3.94. The first-order valence-corrected chi connectivity index (χ1v) is 7.35. The number of ether oxygens (including phenoxy) is 2. The van der Waals surface area contributed by atoms with Gasteiger partial charge in [0.25, 0.3) is 0 Å². The quantitative estimate of drug-likeness (QED) is 0.667. The van der Waals surface area contributed by atoms with Gasteiger partial charge in [-0.05, 0) is 13.0 Å². The number of rotatable bonds is 6. The lowest BCUT2D eigenvalue weighted by molar-refractivity contribution is -0.185. The predicted molar refractivity (Wildman–Crippen MR) is 69.1 cm³/mol. The summed E-state index contributed by atoms with van der Waals surface area (Å²) in [5.41, 5.74) is 0. The molecule has 0 N–H and O–H groups in total. The van der Waals surface area contributed by atoms with E-state index in [1.807, 2.05) is 0 Å². The third-order valence-corrected chi connectivity index (χ3v) is 4.01. The number of piperidine rings is 1. The molecule has 2 heterocycles. The summed E-state index contributed by atoms with van der Waals surface area (Å²) in [4.78, 5) is 2.57. The van der Waals surface area contributed by atoms with Gasteiger partial charge in [0.05, 0.1) is 13.2 Å². The van der Waals surface area contributed by atoms with Gasteiger partial charge in [-0.3, -0.25) is 0 Å². The van der Waals surface area contributed by atoms with E-state index in [0.717, 1.165) is 39.1 Å². The number of likely N-dealkylation sites (tertiary alicyclic amines) is 1. The van der Waals surface area contributed by atoms with Crippen LogP contribution in [-0.2, 0) is 9.47 Å². The second kappa shape index (κ2) is 6.72. The van der Waals surface area contributed by atoms with Gasteiger partial charge in [0.1, 0.15) is 0 Å². The smallest absolute Gasteiger partial charge is 0.170 e. The van der Waals surface area contributed by atoms with Crippen LogP contribution in [0, 0.1) is 0 Å². The second-order valence-corrected chi connectivity index (χ2v) is 5.36. The fourth-order valence-electron chi connectivity index (χ4n) is 2.84. The van der Waals surface area contributed by atoms with Crippen molar-refractivity contribution in [1.82, 2.24) is 4.90 Å². The van der Waals surface area contributed by atoms with Crippen molar-refractivity contribution in [2.45, 2.75) is 57.7 Å². The predicted octanol–water partition coefficient (Wildman–Crippen LogP) is 2.80. The maximum Gasteiger partial charge on any atom is 0.170 e. The van der Waals surface area contributed by atoms with E-state index in [1.54, 1.807) is 0 Å². The summed E-state index contributed by atoms with van der Waals surface area (Å²) in [6.07, 6.45) is 8.99. The second-order valence-electron chi connectivity index (χ2n) is 5.36. The number of hydrogen-bond acceptors (Lipinski definition) is 3. The molecule has 2 aliphatic heterocycles. The molecule has 3 nitrogen and oxygen atoms in total. The largest absolute Gasteiger partial charge is 0.347 e. The highest BCUT2D eigenvalue weighted by Crippen LogP contribution is 2.31. The first kappa shape index (κ1) is 13.3. The van der Waals surface area contributed by atoms with Crippen LogP contribution in [0.1, 0.15) is 51.9 Å². The SMILES string of the molecule is CCCCCCCN1CCC2(CC1)OCCO2. The van der Waals surface area contributed by atoms with Crippen LogP contribution in [0.2, 0.25) is 0 Å². The van der Waals surface area contributed by atoms with E-state index in [4.69, 9.17) is 9.47 Å². The van der Waals surface area contributed by atoms with Crippen molar-refractivity contribution in [3.05, 3.63) is 0 Å². The molecule has 0 saturated carbocycles. The summed E-state index contributed by atoms with van der Waals surface area (Å²) in [6, 6.07) is 0. The molecule has 2 rings (SSSR count). The Labute approximate surface area is 105 Å². The van der Waals surface area contributed by atoms with Crippen LogP contribution in [0.3, 0.4) is 0 Å². The van der Waals surface area contributed by atoms with Crippen molar-refractivity contribution >= 4 is 0 Å². The fourth-order valence-corrected chi connectivity index (χ4v) is 2.84. The zero-order valence-corrected chi connectivity index (χ0v) is 11.2. The lowest BCUT2D eigenvalue weighted by atomic mass is 10.0. The van der Waals surface area contributed by atoms with Gasteiger partial charge in [-0.15, -0.1) is 0 Å². The molecule has 0 aromatic rings. The molecule has 2 fully saturated rings. The van der Waals surface area contributed by atoms with Gasteiger partial charge in [0, 0.05) is 25.9 Å². The molecular weight excluding hydrogens is 214 g/mol. The Morgan fingerprint density at radius 1 is 0.941 bits per heavy atom. The van der Waals surface area contributed by atoms with E-state index in [9.17, 15) is 0 Å². The molecule has 2 saturated heterocycles. The van der Waals surface area contributed by atoms with Crippen molar-refractivity contribution in [2.75, 3.05) is 32.8 Å². The Kier molecular flexibility index (Phi) is 5.26. The normalized spacial score (nSPS) is 24.5. The van der Waals surface area contributed by atoms with Gasteiger partial charge in [-0.25, -0.2) is 0 Å². The molecular formula is C14H27NO2. The number of hydrogen-bond donors (Lipinski definition) is 0. The highest BCUT2D eigenvalue weighted by atomic mass is 16.7. The molecule has 0 radical (unpaired) electrons. The number of unbranched alkanes of at least 4 members (excludes halogenated alkanes) is 4. The standard InChI is InChI=1S/C14H27NO2/c1-2-3-4-5-6-9-15-10-7-14(8-11-15)16-12-13-17-14/h2-13H2,1H3. The Hall–Kier alpha value is -0.120. The minimum absolute atomic E-state index is 0.196. The van der Waals surface area contributed by atoms with E-state index >= 15 is 0 Å². The van der Waals surface area contributed by atoms with Gasteiger partial charge >= 0.3 is 0 Å². The van der Waals surface area contributed by atoms with E-state index in [0.29, 0.717) is 0 Å². The molecule has 2 aliphatic rings. The maximum absolute atomic E-state index is 5.74. The average Bonchev–Trinajstić information content (AvgIpc) is 2.80. The van der Waals surface area contributed by atoms with Crippen LogP contribution in [0.25, 0.3) is 0 Å². The minimum Gasteiger partial charge on any atom is -0.347 e. The molecule has 0 unspecified atom stereocenters. The van der Waals surface area contributed by atoms with Crippen molar-refractivity contribution in [1.29, 1.82) is 0 Å². The van der Waals surface area contributed by atoms with Crippen molar-refractivity contribution in [3.8, 4) is 0 Å². The lowest BCUT2D eigenvalue weighted by Crippen LogP contribution is -2.45. The Morgan fingerprint density at radius 2 is 1.59 bits per heavy atom. The Morgan fingerprint density at radius 3 is 2.24 bits per heavy atom. The van der Waals surface area contributed by atoms with Gasteiger partial charge in [0.2, 0.25) is 0 Å². The fraction of sp³-hybridized carbons (Fsp3) is 1.00. The summed E-state index contributed by atoms with van der Waals surface area (Å²) in [5.74, 6) is -0.196. The zero-order valence-electron chi connectivity index (χ0n) is 11.2. The van der Waals surface area contributed by atoms with Crippen LogP contribution in [0.4, 0.5) is 0 Å². The lowest BCUT2D eigenvalue weighted by Gasteiger charge is -2.37. The summed E-state index contributed by atoms with van der Waals surface area (Å²) < 4.78 is 11.5. The van der Waals surface area contributed by atoms with Crippen LogP contribution >= 0.6 is 0 Å². The van der Waals surface area contributed by atoms with Crippen LogP contribution in [0.15, 0.2) is 0 Å². The van der Waals surface area contributed by atoms with Gasteiger partial charge in [-0.2, -0.15) is 0 Å². The molecule has 0 atom stereocenters. The first-order chi connectivity index (χ1) is 8.35. The molecule has 0 aliphatic carbocycles. The van der Waals surface area contributed by atoms with E-state index in [-0.39, 0.29) is 5.79 Å². The van der Waals surface area contributed by atoms with Crippen molar-refractivity contribution in [2.24, 2.45) is 0 Å². The molecule has 0 aromatic heterocycles. The van der Waals surface area contributed by atoms with E-state index in [2.05, 4.69) is 11.8 Å². The highest BCUT2D eigenvalue weighted by molar-refractivity contribution is 4.82. The Bertz CT molecular complexity index is 204. The number of nitrogens with zero attached hydrogens (tertiary/aromatic N) is 1. The van der Waals surface area contributed by atoms with Crippen molar-refractivity contribution < 1.29 is 9.47 Å². The molecule has 1 spiro atoms. The van der Waals surface area contributed by atoms with Crippen LogP contribution in [-0.4, -0.2) is 43.5 Å². The summed E-state index contributed by atoms with van der Waals surface area (Å²) in [6.45, 7) is 7.40. The van der Waals surface area contributed by atoms with Crippen molar-refractivity contribution in [3.63, 3.8) is 0 Å². The topological polar surface area (TPSA) is 21.7 Å². The minimum atomic E-state index is -0.196. The summed E-state index contributed by atoms with van der Waals surface area (Å²) in [5, 5.41) is 0. The van der Waals surface area contributed by atoms with Gasteiger partial charge in [0.15, 0.2) is 5.79 Å². The molecule has 0 aromatic carbocycles. The molecule has 0 bridgehead atoms. The molecule has 3 heteroatoms. The highest BCUT2D eigenvalue weighted by Gasteiger charge is 2.39. The van der Waals surface area contributed by atoms with Gasteiger partial charge in [-0.1, -0.05) is 32.6 Å². The van der Waals surface area contributed by atoms with E-state index < -0.39 is 0 Å². The zero-order chi connectivity index (χ0) is 12.0. The molecule has 17 heavy (non-hydrogen) atoms. The monoisotopic (exact) mass is 241 g/mol. The third-order valence-electron chi connectivity index (χ3n) is 4.01. The molecule has 100 valence electrons. The first-order valence-electron chi connectivity index (χ1n) is 7.35. The van der Waals surface area contributed by atoms with Gasteiger partial charge < -0.3 is 14.4 Å². The maximum atomic E-state index is 5.74. The summed E-state index contributed by atoms with van der Waals surface area (Å²) in [7, 11) is 0.